The molecule has 1 aromatic carbocycles. The van der Waals surface area contributed by atoms with Gasteiger partial charge in [-0.2, -0.15) is 0 Å². The van der Waals surface area contributed by atoms with E-state index in [1.54, 1.807) is 6.08 Å². The number of aromatic hydroxyl groups is 1. The van der Waals surface area contributed by atoms with Crippen LogP contribution in [0.2, 0.25) is 0 Å². The molecule has 0 aromatic heterocycles. The number of nitrogens with zero attached hydrogens (tertiary/aromatic N) is 1. The molecule has 3 heteroatoms. The maximum atomic E-state index is 9.78. The van der Waals surface area contributed by atoms with Crippen molar-refractivity contribution in [3.05, 3.63) is 42.0 Å². The molecule has 0 spiro atoms. The van der Waals surface area contributed by atoms with E-state index in [4.69, 9.17) is 4.84 Å². The molecule has 4 atom stereocenters. The number of phenols is 1. The predicted octanol–water partition coefficient (Wildman–Crippen LogP) is 4.81. The average molecular weight is 325 g/mol. The molecular formula is C21H27NO2. The Bertz CT molecular complexity index is 680. The van der Waals surface area contributed by atoms with Crippen LogP contribution >= 0.6 is 0 Å². The Morgan fingerprint density at radius 1 is 1.33 bits per heavy atom. The third-order valence-electron chi connectivity index (χ3n) is 6.82. The van der Waals surface area contributed by atoms with Gasteiger partial charge in [-0.25, -0.2) is 0 Å². The molecule has 0 radical (unpaired) electrons. The third kappa shape index (κ3) is 2.37. The molecule has 0 aliphatic heterocycles. The minimum Gasteiger partial charge on any atom is -0.508 e. The summed E-state index contributed by atoms with van der Waals surface area (Å²) in [4.78, 5) is 5.43. The molecule has 0 bridgehead atoms. The zero-order valence-electron chi connectivity index (χ0n) is 14.5. The van der Waals surface area contributed by atoms with E-state index in [1.165, 1.54) is 42.5 Å². The van der Waals surface area contributed by atoms with Gasteiger partial charge in [0, 0.05) is 5.41 Å². The van der Waals surface area contributed by atoms with Crippen LogP contribution in [-0.2, 0) is 11.3 Å². The maximum absolute atomic E-state index is 9.78. The number of aryl methyl sites for hydroxylation is 1. The van der Waals surface area contributed by atoms with E-state index >= 15 is 0 Å². The molecule has 3 aliphatic carbocycles. The second-order valence-electron chi connectivity index (χ2n) is 7.92. The topological polar surface area (TPSA) is 41.8 Å². The van der Waals surface area contributed by atoms with E-state index in [-0.39, 0.29) is 5.41 Å². The van der Waals surface area contributed by atoms with Crippen LogP contribution < -0.4 is 0 Å². The van der Waals surface area contributed by atoms with Crippen molar-refractivity contribution in [2.45, 2.75) is 51.4 Å². The number of rotatable bonds is 3. The molecule has 1 aromatic rings. The Kier molecular flexibility index (Phi) is 3.90. The number of phenolic OH excluding ortho intramolecular Hbond substituents is 1. The second-order valence-corrected chi connectivity index (χ2v) is 7.92. The van der Waals surface area contributed by atoms with E-state index in [0.717, 1.165) is 18.8 Å². The lowest BCUT2D eigenvalue weighted by Crippen LogP contribution is -2.42. The van der Waals surface area contributed by atoms with E-state index in [0.29, 0.717) is 24.2 Å². The molecule has 24 heavy (non-hydrogen) atoms. The first kappa shape index (κ1) is 15.7. The van der Waals surface area contributed by atoms with Crippen molar-refractivity contribution < 1.29 is 9.94 Å². The number of oxime groups is 1. The molecule has 128 valence electrons. The van der Waals surface area contributed by atoms with Gasteiger partial charge in [-0.15, -0.1) is 0 Å². The van der Waals surface area contributed by atoms with E-state index < -0.39 is 0 Å². The van der Waals surface area contributed by atoms with Gasteiger partial charge < -0.3 is 9.94 Å². The van der Waals surface area contributed by atoms with Gasteiger partial charge in [-0.05, 0) is 79.5 Å². The number of benzene rings is 1. The standard InChI is InChI=1S/C21H27NO2/c1-3-12-24-22-20-9-8-19-18-6-4-14-13-15(23)5-7-16(14)17(18)10-11-21(19,20)2/h3,5,7,13,17-19,23H,1,4,6,8-12H2,2H3/b22-20+/t17-,18-,19+,21+/m1/s1. The van der Waals surface area contributed by atoms with Gasteiger partial charge in [0.2, 0.25) is 0 Å². The third-order valence-corrected chi connectivity index (χ3v) is 6.82. The summed E-state index contributed by atoms with van der Waals surface area (Å²) in [6.07, 6.45) is 8.80. The Labute approximate surface area is 144 Å². The van der Waals surface area contributed by atoms with Crippen LogP contribution in [-0.4, -0.2) is 17.4 Å². The molecule has 0 amide bonds. The quantitative estimate of drug-likeness (QED) is 0.492. The zero-order chi connectivity index (χ0) is 16.7. The van der Waals surface area contributed by atoms with Gasteiger partial charge in [-0.1, -0.05) is 30.8 Å². The van der Waals surface area contributed by atoms with Gasteiger partial charge in [0.1, 0.15) is 12.4 Å². The van der Waals surface area contributed by atoms with Crippen molar-refractivity contribution in [2.75, 3.05) is 6.61 Å². The highest BCUT2D eigenvalue weighted by atomic mass is 16.6. The zero-order valence-corrected chi connectivity index (χ0v) is 14.5. The van der Waals surface area contributed by atoms with E-state index in [9.17, 15) is 5.11 Å². The fourth-order valence-electron chi connectivity index (χ4n) is 5.68. The van der Waals surface area contributed by atoms with Crippen LogP contribution in [0.1, 0.15) is 56.1 Å². The van der Waals surface area contributed by atoms with Crippen molar-refractivity contribution in [3.63, 3.8) is 0 Å². The highest BCUT2D eigenvalue weighted by Crippen LogP contribution is 2.59. The van der Waals surface area contributed by atoms with Crippen molar-refractivity contribution in [1.29, 1.82) is 0 Å². The summed E-state index contributed by atoms with van der Waals surface area (Å²) in [6, 6.07) is 6.00. The molecular weight excluding hydrogens is 298 g/mol. The minimum absolute atomic E-state index is 0.205. The van der Waals surface area contributed by atoms with Gasteiger partial charge >= 0.3 is 0 Å². The first-order valence-corrected chi connectivity index (χ1v) is 9.25. The van der Waals surface area contributed by atoms with Crippen molar-refractivity contribution in [3.8, 4) is 5.75 Å². The monoisotopic (exact) mass is 325 g/mol. The Morgan fingerprint density at radius 2 is 2.21 bits per heavy atom. The number of fused-ring (bicyclic) bond motifs is 5. The van der Waals surface area contributed by atoms with Crippen molar-refractivity contribution in [2.24, 2.45) is 22.4 Å². The van der Waals surface area contributed by atoms with Crippen LogP contribution in [0.3, 0.4) is 0 Å². The Balaban J connectivity index is 1.61. The predicted molar refractivity (Wildman–Crippen MR) is 96.3 cm³/mol. The maximum Gasteiger partial charge on any atom is 0.135 e. The summed E-state index contributed by atoms with van der Waals surface area (Å²) >= 11 is 0. The van der Waals surface area contributed by atoms with Gasteiger partial charge in [-0.3, -0.25) is 0 Å². The van der Waals surface area contributed by atoms with Crippen molar-refractivity contribution >= 4 is 5.71 Å². The summed E-state index contributed by atoms with van der Waals surface area (Å²) in [5.74, 6) is 2.51. The first-order chi connectivity index (χ1) is 11.6. The lowest BCUT2D eigenvalue weighted by molar-refractivity contribution is 0.0911. The Morgan fingerprint density at radius 3 is 3.04 bits per heavy atom. The van der Waals surface area contributed by atoms with Gasteiger partial charge in [0.05, 0.1) is 5.71 Å². The smallest absolute Gasteiger partial charge is 0.135 e. The molecule has 0 heterocycles. The van der Waals surface area contributed by atoms with Gasteiger partial charge in [0.15, 0.2) is 0 Å². The Hall–Kier alpha value is -1.77. The van der Waals surface area contributed by atoms with Crippen LogP contribution in [0.5, 0.6) is 5.75 Å². The summed E-state index contributed by atoms with van der Waals surface area (Å²) < 4.78 is 0. The fraction of sp³-hybridized carbons (Fsp3) is 0.571. The first-order valence-electron chi connectivity index (χ1n) is 9.25. The van der Waals surface area contributed by atoms with Crippen LogP contribution in [0.25, 0.3) is 0 Å². The average Bonchev–Trinajstić information content (AvgIpc) is 2.91. The molecule has 2 fully saturated rings. The van der Waals surface area contributed by atoms with Crippen LogP contribution in [0.15, 0.2) is 36.0 Å². The number of hydrogen-bond donors (Lipinski definition) is 1. The van der Waals surface area contributed by atoms with Crippen LogP contribution in [0, 0.1) is 17.3 Å². The highest BCUT2D eigenvalue weighted by molar-refractivity contribution is 5.92. The molecule has 0 unspecified atom stereocenters. The fourth-order valence-corrected chi connectivity index (χ4v) is 5.68. The summed E-state index contributed by atoms with van der Waals surface area (Å²) in [7, 11) is 0. The van der Waals surface area contributed by atoms with Crippen LogP contribution in [0.4, 0.5) is 0 Å². The molecule has 2 saturated carbocycles. The molecule has 3 aliphatic rings. The lowest BCUT2D eigenvalue weighted by Gasteiger charge is -2.49. The van der Waals surface area contributed by atoms with Gasteiger partial charge in [0.25, 0.3) is 0 Å². The largest absolute Gasteiger partial charge is 0.508 e. The SMILES string of the molecule is C=CCO/N=C1\CC[C@H]2[C@@H]3CCc4cc(O)ccc4[C@H]3CC[C@]12C. The minimum atomic E-state index is 0.205. The summed E-state index contributed by atoms with van der Waals surface area (Å²) in [5.41, 5.74) is 4.32. The lowest BCUT2D eigenvalue weighted by atomic mass is 9.55. The molecule has 3 nitrogen and oxygen atoms in total. The summed E-state index contributed by atoms with van der Waals surface area (Å²) in [6.45, 7) is 6.59. The van der Waals surface area contributed by atoms with Crippen molar-refractivity contribution in [1.82, 2.24) is 0 Å². The molecule has 4 rings (SSSR count). The molecule has 1 N–H and O–H groups in total. The summed E-state index contributed by atoms with van der Waals surface area (Å²) in [5, 5.41) is 14.3. The normalized spacial score (nSPS) is 35.9. The molecule has 0 saturated heterocycles. The van der Waals surface area contributed by atoms with E-state index in [1.807, 2.05) is 12.1 Å². The number of hydrogen-bond acceptors (Lipinski definition) is 3. The second kappa shape index (κ2) is 5.94. The highest BCUT2D eigenvalue weighted by Gasteiger charge is 2.53. The van der Waals surface area contributed by atoms with E-state index in [2.05, 4.69) is 24.7 Å².